The lowest BCUT2D eigenvalue weighted by atomic mass is 9.90. The van der Waals surface area contributed by atoms with E-state index in [1.807, 2.05) is 19.1 Å². The van der Waals surface area contributed by atoms with Crippen molar-refractivity contribution in [1.29, 1.82) is 0 Å². The Morgan fingerprint density at radius 3 is 2.44 bits per heavy atom. The summed E-state index contributed by atoms with van der Waals surface area (Å²) in [6.45, 7) is 3.72. The predicted molar refractivity (Wildman–Crippen MR) is 124 cm³/mol. The molecule has 32 heavy (non-hydrogen) atoms. The summed E-state index contributed by atoms with van der Waals surface area (Å²) < 4.78 is 0. The van der Waals surface area contributed by atoms with Crippen molar-refractivity contribution in [3.05, 3.63) is 45.4 Å². The zero-order valence-corrected chi connectivity index (χ0v) is 19.3. The van der Waals surface area contributed by atoms with Crippen LogP contribution in [0.25, 0.3) is 0 Å². The summed E-state index contributed by atoms with van der Waals surface area (Å²) in [4.78, 5) is 45.6. The second kappa shape index (κ2) is 9.79. The smallest absolute Gasteiger partial charge is 0.313 e. The number of aryl methyl sites for hydroxylation is 1. The molecule has 2 aliphatic rings. The van der Waals surface area contributed by atoms with Crippen molar-refractivity contribution in [2.45, 2.75) is 57.7 Å². The summed E-state index contributed by atoms with van der Waals surface area (Å²) in [6.07, 6.45) is 4.23. The van der Waals surface area contributed by atoms with Crippen LogP contribution in [0.1, 0.15) is 51.6 Å². The Morgan fingerprint density at radius 1 is 1.03 bits per heavy atom. The first-order chi connectivity index (χ1) is 15.4. The van der Waals surface area contributed by atoms with E-state index in [-0.39, 0.29) is 18.0 Å². The minimum Gasteiger partial charge on any atom is -0.345 e. The Hall–Kier alpha value is -2.78. The van der Waals surface area contributed by atoms with Gasteiger partial charge in [0.15, 0.2) is 5.01 Å². The van der Waals surface area contributed by atoms with E-state index in [4.69, 9.17) is 0 Å². The quantitative estimate of drug-likeness (QED) is 0.614. The topological polar surface area (TPSA) is 103 Å². The van der Waals surface area contributed by atoms with Crippen LogP contribution < -0.4 is 16.0 Å². The highest BCUT2D eigenvalue weighted by Crippen LogP contribution is 2.25. The lowest BCUT2D eigenvalue weighted by molar-refractivity contribution is -0.136. The number of fused-ring (bicyclic) bond motifs is 1. The van der Waals surface area contributed by atoms with Crippen LogP contribution in [0.2, 0.25) is 0 Å². The number of amides is 3. The van der Waals surface area contributed by atoms with E-state index >= 15 is 0 Å². The molecule has 170 valence electrons. The van der Waals surface area contributed by atoms with Gasteiger partial charge in [0, 0.05) is 42.2 Å². The second-order valence-corrected chi connectivity index (χ2v) is 9.72. The van der Waals surface area contributed by atoms with Crippen LogP contribution in [-0.2, 0) is 22.6 Å². The van der Waals surface area contributed by atoms with E-state index in [1.165, 1.54) is 11.3 Å². The highest BCUT2D eigenvalue weighted by Gasteiger charge is 2.31. The van der Waals surface area contributed by atoms with E-state index in [1.54, 1.807) is 12.1 Å². The molecule has 1 aromatic heterocycles. The van der Waals surface area contributed by atoms with Crippen LogP contribution >= 0.6 is 11.3 Å². The molecule has 1 aromatic carbocycles. The van der Waals surface area contributed by atoms with Gasteiger partial charge in [-0.25, -0.2) is 4.98 Å². The molecule has 1 aliphatic heterocycles. The normalized spacial score (nSPS) is 20.8. The van der Waals surface area contributed by atoms with Crippen molar-refractivity contribution in [3.8, 4) is 0 Å². The Morgan fingerprint density at radius 2 is 1.72 bits per heavy atom. The van der Waals surface area contributed by atoms with Gasteiger partial charge in [0.25, 0.3) is 5.91 Å². The lowest BCUT2D eigenvalue weighted by Crippen LogP contribution is -2.55. The van der Waals surface area contributed by atoms with Crippen LogP contribution in [0.4, 0.5) is 5.69 Å². The minimum atomic E-state index is -0.707. The van der Waals surface area contributed by atoms with Gasteiger partial charge >= 0.3 is 11.8 Å². The SMILES string of the molecule is Cc1ccc(NC(=O)C(=O)N[C@H]2CCCC[C@H]2NC(=O)c2nc3c(s2)CN(C)CC3)cc1. The first-order valence-corrected chi connectivity index (χ1v) is 11.9. The number of anilines is 1. The summed E-state index contributed by atoms with van der Waals surface area (Å²) in [5, 5.41) is 8.97. The number of benzene rings is 1. The Labute approximate surface area is 191 Å². The monoisotopic (exact) mass is 455 g/mol. The van der Waals surface area contributed by atoms with E-state index in [0.717, 1.165) is 54.9 Å². The van der Waals surface area contributed by atoms with Gasteiger partial charge in [-0.05, 0) is 38.9 Å². The van der Waals surface area contributed by atoms with Gasteiger partial charge in [0.05, 0.1) is 5.69 Å². The zero-order valence-electron chi connectivity index (χ0n) is 18.4. The van der Waals surface area contributed by atoms with Crippen LogP contribution in [-0.4, -0.2) is 53.3 Å². The van der Waals surface area contributed by atoms with E-state index < -0.39 is 11.8 Å². The first kappa shape index (κ1) is 22.4. The van der Waals surface area contributed by atoms with Gasteiger partial charge in [-0.3, -0.25) is 14.4 Å². The number of rotatable bonds is 4. The fraction of sp³-hybridized carbons (Fsp3) is 0.478. The Bertz CT molecular complexity index is 1000. The number of likely N-dealkylation sites (N-methyl/N-ethyl adjacent to an activating group) is 1. The molecule has 4 rings (SSSR count). The van der Waals surface area contributed by atoms with Gasteiger partial charge in [-0.2, -0.15) is 0 Å². The van der Waals surface area contributed by atoms with Crippen molar-refractivity contribution in [2.24, 2.45) is 0 Å². The number of carbonyl (C=O) groups excluding carboxylic acids is 3. The standard InChI is InChI=1S/C23H29N5O3S/c1-14-7-9-15(10-8-14)24-20(29)21(30)25-16-5-3-4-6-17(16)26-22(31)23-27-18-11-12-28(2)13-19(18)32-23/h7-10,16-17H,3-6,11-13H2,1-2H3,(H,24,29)(H,25,30)(H,26,31)/t16-,17+/m0/s1. The van der Waals surface area contributed by atoms with E-state index in [0.29, 0.717) is 17.1 Å². The molecule has 9 heteroatoms. The molecule has 0 saturated heterocycles. The van der Waals surface area contributed by atoms with Gasteiger partial charge in [0.1, 0.15) is 0 Å². The number of thiazole rings is 1. The summed E-state index contributed by atoms with van der Waals surface area (Å²) in [5.74, 6) is -1.60. The number of hydrogen-bond acceptors (Lipinski definition) is 6. The average molecular weight is 456 g/mol. The molecular formula is C23H29N5O3S. The molecule has 3 amide bonds. The Balaban J connectivity index is 1.36. The number of carbonyl (C=O) groups is 3. The van der Waals surface area contributed by atoms with Crippen molar-refractivity contribution in [2.75, 3.05) is 18.9 Å². The molecular weight excluding hydrogens is 426 g/mol. The van der Waals surface area contributed by atoms with Crippen LogP contribution in [0.3, 0.4) is 0 Å². The predicted octanol–water partition coefficient (Wildman–Crippen LogP) is 2.24. The van der Waals surface area contributed by atoms with Crippen molar-refractivity contribution in [3.63, 3.8) is 0 Å². The van der Waals surface area contributed by atoms with Gasteiger partial charge < -0.3 is 20.9 Å². The maximum absolute atomic E-state index is 12.9. The van der Waals surface area contributed by atoms with Gasteiger partial charge in [-0.1, -0.05) is 30.5 Å². The number of nitrogens with zero attached hydrogens (tertiary/aromatic N) is 2. The molecule has 0 spiro atoms. The molecule has 0 unspecified atom stereocenters. The van der Waals surface area contributed by atoms with E-state index in [2.05, 4.69) is 32.9 Å². The molecule has 2 heterocycles. The molecule has 2 atom stereocenters. The number of hydrogen-bond donors (Lipinski definition) is 3. The molecule has 3 N–H and O–H groups in total. The molecule has 0 bridgehead atoms. The minimum absolute atomic E-state index is 0.206. The Kier molecular flexibility index (Phi) is 6.86. The van der Waals surface area contributed by atoms with E-state index in [9.17, 15) is 14.4 Å². The molecule has 8 nitrogen and oxygen atoms in total. The molecule has 1 saturated carbocycles. The van der Waals surface area contributed by atoms with Gasteiger partial charge in [0.2, 0.25) is 0 Å². The van der Waals surface area contributed by atoms with Crippen molar-refractivity contribution >= 4 is 34.7 Å². The lowest BCUT2D eigenvalue weighted by Gasteiger charge is -2.32. The fourth-order valence-electron chi connectivity index (χ4n) is 4.19. The zero-order chi connectivity index (χ0) is 22.7. The first-order valence-electron chi connectivity index (χ1n) is 11.1. The van der Waals surface area contributed by atoms with Crippen molar-refractivity contribution in [1.82, 2.24) is 20.5 Å². The summed E-state index contributed by atoms with van der Waals surface area (Å²) in [6, 6.07) is 6.75. The highest BCUT2D eigenvalue weighted by molar-refractivity contribution is 7.13. The number of nitrogens with one attached hydrogen (secondary N) is 3. The molecule has 1 fully saturated rings. The summed E-state index contributed by atoms with van der Waals surface area (Å²) in [5.41, 5.74) is 2.66. The van der Waals surface area contributed by atoms with Crippen LogP contribution in [0.15, 0.2) is 24.3 Å². The van der Waals surface area contributed by atoms with Crippen LogP contribution in [0.5, 0.6) is 0 Å². The van der Waals surface area contributed by atoms with Crippen LogP contribution in [0, 0.1) is 6.92 Å². The third-order valence-electron chi connectivity index (χ3n) is 6.03. The molecule has 1 aliphatic carbocycles. The largest absolute Gasteiger partial charge is 0.345 e. The highest BCUT2D eigenvalue weighted by atomic mass is 32.1. The average Bonchev–Trinajstić information content (AvgIpc) is 3.20. The summed E-state index contributed by atoms with van der Waals surface area (Å²) in [7, 11) is 2.06. The number of aromatic nitrogens is 1. The third-order valence-corrected chi connectivity index (χ3v) is 7.11. The van der Waals surface area contributed by atoms with Crippen molar-refractivity contribution < 1.29 is 14.4 Å². The maximum Gasteiger partial charge on any atom is 0.313 e. The third kappa shape index (κ3) is 5.34. The van der Waals surface area contributed by atoms with Gasteiger partial charge in [-0.15, -0.1) is 11.3 Å². The maximum atomic E-state index is 12.9. The molecule has 2 aromatic rings. The molecule has 0 radical (unpaired) electrons. The fourth-order valence-corrected chi connectivity index (χ4v) is 5.28. The second-order valence-electron chi connectivity index (χ2n) is 8.64. The summed E-state index contributed by atoms with van der Waals surface area (Å²) >= 11 is 1.44.